The van der Waals surface area contributed by atoms with Gasteiger partial charge in [-0.3, -0.25) is 4.68 Å². The van der Waals surface area contributed by atoms with Gasteiger partial charge < -0.3 is 5.11 Å². The standard InChI is InChI=1S/C11H7ClF2N2O2/c1-16-9(4-8(15-16)11(17)18)6-2-5(13)3-7(12)10(6)14/h2-4H,1H3,(H,17,18). The lowest BCUT2D eigenvalue weighted by Crippen LogP contribution is -2.00. The molecule has 1 aromatic carbocycles. The summed E-state index contributed by atoms with van der Waals surface area (Å²) >= 11 is 5.53. The van der Waals surface area contributed by atoms with Crippen LogP contribution in [0.4, 0.5) is 8.78 Å². The van der Waals surface area contributed by atoms with Crippen LogP contribution in [0, 0.1) is 11.6 Å². The van der Waals surface area contributed by atoms with E-state index in [-0.39, 0.29) is 22.0 Å². The molecule has 0 amide bonds. The molecule has 0 fully saturated rings. The highest BCUT2D eigenvalue weighted by Crippen LogP contribution is 2.29. The number of carboxylic acids is 1. The maximum Gasteiger partial charge on any atom is 0.356 e. The van der Waals surface area contributed by atoms with Crippen molar-refractivity contribution >= 4 is 17.6 Å². The highest BCUT2D eigenvalue weighted by atomic mass is 35.5. The van der Waals surface area contributed by atoms with Gasteiger partial charge in [-0.05, 0) is 18.2 Å². The van der Waals surface area contributed by atoms with Crippen molar-refractivity contribution in [3.8, 4) is 11.3 Å². The Bertz CT molecular complexity index is 640. The smallest absolute Gasteiger partial charge is 0.356 e. The summed E-state index contributed by atoms with van der Waals surface area (Å²) in [6.07, 6.45) is 0. The van der Waals surface area contributed by atoms with E-state index in [0.29, 0.717) is 0 Å². The van der Waals surface area contributed by atoms with E-state index in [9.17, 15) is 13.6 Å². The number of benzene rings is 1. The van der Waals surface area contributed by atoms with E-state index in [1.54, 1.807) is 0 Å². The molecule has 1 N–H and O–H groups in total. The minimum atomic E-state index is -1.25. The lowest BCUT2D eigenvalue weighted by molar-refractivity contribution is 0.0689. The van der Waals surface area contributed by atoms with Gasteiger partial charge in [0.1, 0.15) is 5.82 Å². The lowest BCUT2D eigenvalue weighted by Gasteiger charge is -2.05. The van der Waals surface area contributed by atoms with E-state index in [4.69, 9.17) is 16.7 Å². The molecule has 0 saturated carbocycles. The number of halogens is 3. The SMILES string of the molecule is Cn1nc(C(=O)O)cc1-c1cc(F)cc(Cl)c1F. The van der Waals surface area contributed by atoms with Crippen molar-refractivity contribution in [1.29, 1.82) is 0 Å². The quantitative estimate of drug-likeness (QED) is 0.855. The minimum Gasteiger partial charge on any atom is -0.476 e. The third-order valence-electron chi connectivity index (χ3n) is 2.37. The number of rotatable bonds is 2. The van der Waals surface area contributed by atoms with Gasteiger partial charge in [-0.15, -0.1) is 0 Å². The van der Waals surface area contributed by atoms with Gasteiger partial charge in [0.15, 0.2) is 11.5 Å². The normalized spacial score (nSPS) is 10.7. The van der Waals surface area contributed by atoms with Crippen LogP contribution in [0.15, 0.2) is 18.2 Å². The van der Waals surface area contributed by atoms with Crippen LogP contribution in [0.2, 0.25) is 5.02 Å². The van der Waals surface area contributed by atoms with E-state index in [2.05, 4.69) is 5.10 Å². The number of aromatic nitrogens is 2. The monoisotopic (exact) mass is 272 g/mol. The van der Waals surface area contributed by atoms with Crippen LogP contribution in [0.1, 0.15) is 10.5 Å². The fourth-order valence-corrected chi connectivity index (χ4v) is 1.77. The van der Waals surface area contributed by atoms with Crippen LogP contribution in [0.3, 0.4) is 0 Å². The Kier molecular flexibility index (Phi) is 3.04. The fraction of sp³-hybridized carbons (Fsp3) is 0.0909. The largest absolute Gasteiger partial charge is 0.476 e. The van der Waals surface area contributed by atoms with E-state index in [0.717, 1.165) is 22.9 Å². The molecular formula is C11H7ClF2N2O2. The van der Waals surface area contributed by atoms with Crippen molar-refractivity contribution in [2.24, 2.45) is 7.05 Å². The second-order valence-corrected chi connectivity index (χ2v) is 4.00. The Balaban J connectivity index is 2.65. The van der Waals surface area contributed by atoms with Gasteiger partial charge in [-0.1, -0.05) is 11.6 Å². The average molecular weight is 273 g/mol. The summed E-state index contributed by atoms with van der Waals surface area (Å²) in [4.78, 5) is 10.7. The molecular weight excluding hydrogens is 266 g/mol. The number of nitrogens with zero attached hydrogens (tertiary/aromatic N) is 2. The second kappa shape index (κ2) is 4.38. The van der Waals surface area contributed by atoms with Gasteiger partial charge in [-0.25, -0.2) is 13.6 Å². The zero-order chi connectivity index (χ0) is 13.4. The van der Waals surface area contributed by atoms with Gasteiger partial charge in [-0.2, -0.15) is 5.10 Å². The van der Waals surface area contributed by atoms with Crippen LogP contribution in [0.25, 0.3) is 11.3 Å². The Labute approximate surface area is 105 Å². The van der Waals surface area contributed by atoms with E-state index < -0.39 is 17.6 Å². The molecule has 94 valence electrons. The predicted octanol–water partition coefficient (Wildman–Crippen LogP) is 2.72. The van der Waals surface area contributed by atoms with Crippen molar-refractivity contribution in [1.82, 2.24) is 9.78 Å². The van der Waals surface area contributed by atoms with Crippen LogP contribution in [-0.2, 0) is 7.05 Å². The molecule has 1 aromatic heterocycles. The third-order valence-corrected chi connectivity index (χ3v) is 2.64. The summed E-state index contributed by atoms with van der Waals surface area (Å²) in [6.45, 7) is 0. The molecule has 0 bridgehead atoms. The molecule has 0 aliphatic carbocycles. The maximum atomic E-state index is 13.8. The van der Waals surface area contributed by atoms with Crippen LogP contribution in [0.5, 0.6) is 0 Å². The number of hydrogen-bond donors (Lipinski definition) is 1. The fourth-order valence-electron chi connectivity index (χ4n) is 1.57. The van der Waals surface area contributed by atoms with Gasteiger partial charge in [0, 0.05) is 12.6 Å². The van der Waals surface area contributed by atoms with Crippen molar-refractivity contribution in [3.05, 3.63) is 40.6 Å². The Morgan fingerprint density at radius 3 is 2.61 bits per heavy atom. The predicted molar refractivity (Wildman–Crippen MR) is 60.5 cm³/mol. The molecule has 4 nitrogen and oxygen atoms in total. The van der Waals surface area contributed by atoms with Crippen LogP contribution < -0.4 is 0 Å². The zero-order valence-corrected chi connectivity index (χ0v) is 9.87. The first-order chi connectivity index (χ1) is 8.40. The topological polar surface area (TPSA) is 55.1 Å². The maximum absolute atomic E-state index is 13.8. The molecule has 7 heteroatoms. The minimum absolute atomic E-state index is 0.131. The van der Waals surface area contributed by atoms with Gasteiger partial charge in [0.05, 0.1) is 10.7 Å². The van der Waals surface area contributed by atoms with Gasteiger partial charge in [0.2, 0.25) is 0 Å². The molecule has 0 radical (unpaired) electrons. The molecule has 0 saturated heterocycles. The summed E-state index contributed by atoms with van der Waals surface area (Å²) in [5, 5.41) is 12.1. The number of hydrogen-bond acceptors (Lipinski definition) is 2. The highest BCUT2D eigenvalue weighted by molar-refractivity contribution is 6.31. The molecule has 18 heavy (non-hydrogen) atoms. The lowest BCUT2D eigenvalue weighted by atomic mass is 10.1. The average Bonchev–Trinajstić information content (AvgIpc) is 2.66. The van der Waals surface area contributed by atoms with Gasteiger partial charge in [0.25, 0.3) is 0 Å². The zero-order valence-electron chi connectivity index (χ0n) is 9.12. The van der Waals surface area contributed by atoms with Crippen LogP contribution >= 0.6 is 11.6 Å². The number of aromatic carboxylic acids is 1. The molecule has 1 heterocycles. The van der Waals surface area contributed by atoms with Crippen molar-refractivity contribution in [2.45, 2.75) is 0 Å². The number of carbonyl (C=O) groups is 1. The molecule has 0 aliphatic rings. The van der Waals surface area contributed by atoms with Gasteiger partial charge >= 0.3 is 5.97 Å². The summed E-state index contributed by atoms with van der Waals surface area (Å²) < 4.78 is 28.1. The first-order valence-electron chi connectivity index (χ1n) is 4.82. The van der Waals surface area contributed by atoms with Crippen molar-refractivity contribution in [2.75, 3.05) is 0 Å². The molecule has 2 rings (SSSR count). The summed E-state index contributed by atoms with van der Waals surface area (Å²) in [5.41, 5.74) is -0.263. The Morgan fingerprint density at radius 2 is 2.06 bits per heavy atom. The molecule has 0 aliphatic heterocycles. The van der Waals surface area contributed by atoms with Crippen molar-refractivity contribution in [3.63, 3.8) is 0 Å². The first kappa shape index (κ1) is 12.5. The number of aryl methyl sites for hydroxylation is 1. The second-order valence-electron chi connectivity index (χ2n) is 3.59. The van der Waals surface area contributed by atoms with Crippen molar-refractivity contribution < 1.29 is 18.7 Å². The van der Waals surface area contributed by atoms with Crippen LogP contribution in [-0.4, -0.2) is 20.9 Å². The summed E-state index contributed by atoms with van der Waals surface area (Å²) in [5.74, 6) is -2.78. The van der Waals surface area contributed by atoms with E-state index >= 15 is 0 Å². The summed E-state index contributed by atoms with van der Waals surface area (Å²) in [7, 11) is 1.43. The third kappa shape index (κ3) is 2.06. The molecule has 0 atom stereocenters. The van der Waals surface area contributed by atoms with E-state index in [1.807, 2.05) is 0 Å². The number of carboxylic acid groups (broad SMARTS) is 1. The first-order valence-corrected chi connectivity index (χ1v) is 5.20. The highest BCUT2D eigenvalue weighted by Gasteiger charge is 2.18. The molecule has 0 unspecified atom stereocenters. The molecule has 0 spiro atoms. The Morgan fingerprint density at radius 1 is 1.39 bits per heavy atom. The molecule has 2 aromatic rings. The van der Waals surface area contributed by atoms with E-state index in [1.165, 1.54) is 7.05 Å². The Hall–Kier alpha value is -1.95. The summed E-state index contributed by atoms with van der Waals surface area (Å²) in [6, 6.07) is 2.93.